The quantitative estimate of drug-likeness (QED) is 0.798. The summed E-state index contributed by atoms with van der Waals surface area (Å²) in [7, 11) is 0. The summed E-state index contributed by atoms with van der Waals surface area (Å²) in [5.74, 6) is 0. The Labute approximate surface area is 100 Å². The summed E-state index contributed by atoms with van der Waals surface area (Å²) in [4.78, 5) is 4.05. The smallest absolute Gasteiger partial charge is 0.101 e. The molecule has 0 fully saturated rings. The Kier molecular flexibility index (Phi) is 3.02. The molecule has 1 atom stereocenters. The zero-order valence-electron chi connectivity index (χ0n) is 7.93. The highest BCUT2D eigenvalue weighted by molar-refractivity contribution is 9.10. The van der Waals surface area contributed by atoms with E-state index in [4.69, 9.17) is 11.6 Å². The third-order valence-electron chi connectivity index (χ3n) is 1.87. The Morgan fingerprint density at radius 1 is 1.47 bits per heavy atom. The molecule has 78 valence electrons. The van der Waals surface area contributed by atoms with Gasteiger partial charge in [0.15, 0.2) is 0 Å². The van der Waals surface area contributed by atoms with Gasteiger partial charge in [-0.15, -0.1) is 16.7 Å². The molecule has 0 saturated heterocycles. The molecule has 1 unspecified atom stereocenters. The molecule has 0 radical (unpaired) electrons. The van der Waals surface area contributed by atoms with E-state index in [9.17, 15) is 0 Å². The number of halogens is 2. The molecule has 0 amide bonds. The Balaban J connectivity index is 2.37. The van der Waals surface area contributed by atoms with E-state index in [1.165, 1.54) is 0 Å². The van der Waals surface area contributed by atoms with Crippen LogP contribution in [0.1, 0.15) is 18.0 Å². The maximum atomic E-state index is 5.89. The zero-order chi connectivity index (χ0) is 10.8. The molecular weight excluding hydrogens is 279 g/mol. The van der Waals surface area contributed by atoms with Gasteiger partial charge in [0.2, 0.25) is 0 Å². The highest BCUT2D eigenvalue weighted by Crippen LogP contribution is 2.18. The molecule has 2 aromatic heterocycles. The fourth-order valence-corrected chi connectivity index (χ4v) is 1.56. The number of pyridine rings is 1. The number of nitrogens with zero attached hydrogens (tertiary/aromatic N) is 4. The number of aromatic nitrogens is 4. The molecular formula is C9H8BrClN4. The largest absolute Gasteiger partial charge is 0.261 e. The standard InChI is InChI=1S/C9H8BrClN4/c1-6(11)9-5-15(14-13-9)8-2-7(10)3-12-4-8/h2-6H,1H3. The van der Waals surface area contributed by atoms with Gasteiger partial charge in [0.25, 0.3) is 0 Å². The van der Waals surface area contributed by atoms with Crippen LogP contribution in [0.4, 0.5) is 0 Å². The topological polar surface area (TPSA) is 43.6 Å². The van der Waals surface area contributed by atoms with E-state index < -0.39 is 0 Å². The molecule has 2 aromatic rings. The molecule has 0 aliphatic heterocycles. The lowest BCUT2D eigenvalue weighted by Gasteiger charge is -1.99. The van der Waals surface area contributed by atoms with Crippen molar-refractivity contribution in [3.63, 3.8) is 0 Å². The summed E-state index contributed by atoms with van der Waals surface area (Å²) in [6.07, 6.45) is 5.22. The fraction of sp³-hybridized carbons (Fsp3) is 0.222. The number of rotatable bonds is 2. The van der Waals surface area contributed by atoms with Gasteiger partial charge in [-0.3, -0.25) is 4.98 Å². The predicted molar refractivity (Wildman–Crippen MR) is 61.1 cm³/mol. The lowest BCUT2D eigenvalue weighted by molar-refractivity contribution is 0.792. The molecule has 0 spiro atoms. The Hall–Kier alpha value is -0.940. The molecule has 2 heterocycles. The summed E-state index contributed by atoms with van der Waals surface area (Å²) >= 11 is 9.24. The second-order valence-electron chi connectivity index (χ2n) is 3.07. The Morgan fingerprint density at radius 2 is 2.27 bits per heavy atom. The number of alkyl halides is 1. The first kappa shape index (κ1) is 10.6. The van der Waals surface area contributed by atoms with E-state index in [0.717, 1.165) is 15.9 Å². The van der Waals surface area contributed by atoms with Crippen molar-refractivity contribution in [3.05, 3.63) is 34.8 Å². The SMILES string of the molecule is CC(Cl)c1cn(-c2cncc(Br)c2)nn1. The van der Waals surface area contributed by atoms with Gasteiger partial charge in [-0.1, -0.05) is 5.21 Å². The van der Waals surface area contributed by atoms with E-state index >= 15 is 0 Å². The van der Waals surface area contributed by atoms with Crippen molar-refractivity contribution in [2.45, 2.75) is 12.3 Å². The molecule has 0 aromatic carbocycles. The minimum Gasteiger partial charge on any atom is -0.261 e. The summed E-state index contributed by atoms with van der Waals surface area (Å²) in [5, 5.41) is 7.79. The summed E-state index contributed by atoms with van der Waals surface area (Å²) in [6.45, 7) is 1.86. The van der Waals surface area contributed by atoms with Gasteiger partial charge in [0.1, 0.15) is 5.69 Å². The monoisotopic (exact) mass is 286 g/mol. The highest BCUT2D eigenvalue weighted by Gasteiger charge is 2.07. The number of hydrogen-bond acceptors (Lipinski definition) is 3. The van der Waals surface area contributed by atoms with Gasteiger partial charge in [-0.2, -0.15) is 0 Å². The average Bonchev–Trinajstić information content (AvgIpc) is 2.66. The van der Waals surface area contributed by atoms with Crippen LogP contribution in [0.3, 0.4) is 0 Å². The van der Waals surface area contributed by atoms with Gasteiger partial charge in [-0.05, 0) is 28.9 Å². The van der Waals surface area contributed by atoms with E-state index in [-0.39, 0.29) is 5.38 Å². The molecule has 0 N–H and O–H groups in total. The van der Waals surface area contributed by atoms with Gasteiger partial charge in [0.05, 0.1) is 23.5 Å². The summed E-state index contributed by atoms with van der Waals surface area (Å²) in [6, 6.07) is 1.91. The van der Waals surface area contributed by atoms with Crippen LogP contribution in [0, 0.1) is 0 Å². The minimum absolute atomic E-state index is 0.140. The predicted octanol–water partition coefficient (Wildman–Crippen LogP) is 2.72. The van der Waals surface area contributed by atoms with Crippen molar-refractivity contribution in [1.29, 1.82) is 0 Å². The summed E-state index contributed by atoms with van der Waals surface area (Å²) in [5.41, 5.74) is 1.59. The van der Waals surface area contributed by atoms with Crippen molar-refractivity contribution in [1.82, 2.24) is 20.0 Å². The van der Waals surface area contributed by atoms with Gasteiger partial charge in [-0.25, -0.2) is 4.68 Å². The first-order valence-corrected chi connectivity index (χ1v) is 5.57. The summed E-state index contributed by atoms with van der Waals surface area (Å²) < 4.78 is 2.54. The van der Waals surface area contributed by atoms with Crippen LogP contribution in [-0.4, -0.2) is 20.0 Å². The molecule has 0 saturated carbocycles. The van der Waals surface area contributed by atoms with Crippen molar-refractivity contribution in [3.8, 4) is 5.69 Å². The maximum Gasteiger partial charge on any atom is 0.101 e. The van der Waals surface area contributed by atoms with Crippen LogP contribution in [0.2, 0.25) is 0 Å². The minimum atomic E-state index is -0.140. The first-order valence-electron chi connectivity index (χ1n) is 4.34. The van der Waals surface area contributed by atoms with E-state index in [0.29, 0.717) is 0 Å². The van der Waals surface area contributed by atoms with E-state index in [2.05, 4.69) is 31.2 Å². The fourth-order valence-electron chi connectivity index (χ4n) is 1.11. The second kappa shape index (κ2) is 4.28. The van der Waals surface area contributed by atoms with Crippen LogP contribution in [0.5, 0.6) is 0 Å². The highest BCUT2D eigenvalue weighted by atomic mass is 79.9. The Bertz CT molecular complexity index is 469. The van der Waals surface area contributed by atoms with E-state index in [1.807, 2.05) is 13.0 Å². The second-order valence-corrected chi connectivity index (χ2v) is 4.64. The Morgan fingerprint density at radius 3 is 2.87 bits per heavy atom. The first-order chi connectivity index (χ1) is 7.16. The van der Waals surface area contributed by atoms with Crippen LogP contribution in [0.25, 0.3) is 5.69 Å². The molecule has 4 nitrogen and oxygen atoms in total. The van der Waals surface area contributed by atoms with Crippen molar-refractivity contribution in [2.24, 2.45) is 0 Å². The lowest BCUT2D eigenvalue weighted by Crippen LogP contribution is -1.95. The zero-order valence-corrected chi connectivity index (χ0v) is 10.3. The molecule has 0 bridgehead atoms. The van der Waals surface area contributed by atoms with Crippen molar-refractivity contribution in [2.75, 3.05) is 0 Å². The van der Waals surface area contributed by atoms with Crippen LogP contribution >= 0.6 is 27.5 Å². The third kappa shape index (κ3) is 2.35. The molecule has 2 rings (SSSR count). The molecule has 0 aliphatic carbocycles. The van der Waals surface area contributed by atoms with Crippen molar-refractivity contribution >= 4 is 27.5 Å². The third-order valence-corrected chi connectivity index (χ3v) is 2.53. The average molecular weight is 288 g/mol. The molecule has 6 heteroatoms. The van der Waals surface area contributed by atoms with Gasteiger partial charge < -0.3 is 0 Å². The number of hydrogen-bond donors (Lipinski definition) is 0. The molecule has 0 aliphatic rings. The molecule has 15 heavy (non-hydrogen) atoms. The van der Waals surface area contributed by atoms with E-state index in [1.54, 1.807) is 23.3 Å². The lowest BCUT2D eigenvalue weighted by atomic mass is 10.3. The van der Waals surface area contributed by atoms with Crippen LogP contribution in [0.15, 0.2) is 29.1 Å². The van der Waals surface area contributed by atoms with Crippen molar-refractivity contribution < 1.29 is 0 Å². The normalized spacial score (nSPS) is 12.7. The van der Waals surface area contributed by atoms with Crippen LogP contribution in [-0.2, 0) is 0 Å². The van der Waals surface area contributed by atoms with Gasteiger partial charge in [0, 0.05) is 10.7 Å². The maximum absolute atomic E-state index is 5.89. The van der Waals surface area contributed by atoms with Crippen LogP contribution < -0.4 is 0 Å². The van der Waals surface area contributed by atoms with Gasteiger partial charge >= 0.3 is 0 Å².